The lowest BCUT2D eigenvalue weighted by Gasteiger charge is -2.35. The van der Waals surface area contributed by atoms with E-state index < -0.39 is 0 Å². The van der Waals surface area contributed by atoms with E-state index >= 15 is 0 Å². The summed E-state index contributed by atoms with van der Waals surface area (Å²) in [6, 6.07) is 11.5. The van der Waals surface area contributed by atoms with Crippen molar-refractivity contribution in [1.29, 1.82) is 0 Å². The molecule has 2 aliphatic heterocycles. The maximum atomic E-state index is 13.2. The molecule has 0 aromatic heterocycles. The number of aryl methyl sites for hydroxylation is 1. The first-order valence-corrected chi connectivity index (χ1v) is 9.15. The molecule has 2 aliphatic rings. The van der Waals surface area contributed by atoms with Crippen LogP contribution in [0.4, 0.5) is 0 Å². The molecule has 2 saturated heterocycles. The Kier molecular flexibility index (Phi) is 5.05. The van der Waals surface area contributed by atoms with Crippen molar-refractivity contribution in [3.05, 3.63) is 35.9 Å². The zero-order chi connectivity index (χ0) is 16.3. The van der Waals surface area contributed by atoms with Crippen molar-refractivity contribution < 1.29 is 4.79 Å². The number of carbonyl (C=O) groups excluding carboxylic acids is 1. The van der Waals surface area contributed by atoms with Crippen LogP contribution in [-0.2, 0) is 11.2 Å². The number of hydrogen-bond acceptors (Lipinski definition) is 2. The van der Waals surface area contributed by atoms with Gasteiger partial charge in [0.15, 0.2) is 0 Å². The van der Waals surface area contributed by atoms with Crippen LogP contribution < -0.4 is 5.32 Å². The summed E-state index contributed by atoms with van der Waals surface area (Å²) in [5.74, 6) is 0.377. The molecule has 2 bridgehead atoms. The molecule has 0 aliphatic carbocycles. The number of fused-ring (bicyclic) bond motifs is 2. The highest BCUT2D eigenvalue weighted by atomic mass is 16.2. The lowest BCUT2D eigenvalue weighted by atomic mass is 9.84. The van der Waals surface area contributed by atoms with Crippen LogP contribution in [0.25, 0.3) is 0 Å². The van der Waals surface area contributed by atoms with Crippen molar-refractivity contribution in [3.8, 4) is 0 Å². The first-order chi connectivity index (χ1) is 11.1. The zero-order valence-corrected chi connectivity index (χ0v) is 14.6. The third-order valence-corrected chi connectivity index (χ3v) is 5.58. The minimum absolute atomic E-state index is 0.250. The molecule has 0 spiro atoms. The summed E-state index contributed by atoms with van der Waals surface area (Å²) in [7, 11) is 0. The molecule has 3 nitrogen and oxygen atoms in total. The highest BCUT2D eigenvalue weighted by Crippen LogP contribution is 2.35. The predicted molar refractivity (Wildman–Crippen MR) is 94.3 cm³/mol. The minimum Gasteiger partial charge on any atom is -0.335 e. The average Bonchev–Trinajstić information content (AvgIpc) is 2.80. The first-order valence-electron chi connectivity index (χ1n) is 9.15. The first kappa shape index (κ1) is 16.5. The summed E-state index contributed by atoms with van der Waals surface area (Å²) < 4.78 is 0. The van der Waals surface area contributed by atoms with E-state index in [0.29, 0.717) is 18.0 Å². The van der Waals surface area contributed by atoms with E-state index in [1.54, 1.807) is 0 Å². The largest absolute Gasteiger partial charge is 0.335 e. The number of benzene rings is 1. The number of hydrogen-bond donors (Lipinski definition) is 1. The van der Waals surface area contributed by atoms with Gasteiger partial charge in [-0.25, -0.2) is 0 Å². The van der Waals surface area contributed by atoms with Crippen molar-refractivity contribution in [1.82, 2.24) is 10.2 Å². The van der Waals surface area contributed by atoms with Crippen LogP contribution in [-0.4, -0.2) is 36.0 Å². The van der Waals surface area contributed by atoms with Gasteiger partial charge in [-0.1, -0.05) is 44.2 Å². The summed E-state index contributed by atoms with van der Waals surface area (Å²) in [6.45, 7) is 6.30. The van der Waals surface area contributed by atoms with Crippen LogP contribution in [0, 0.1) is 5.41 Å². The molecule has 1 aromatic carbocycles. The summed E-state index contributed by atoms with van der Waals surface area (Å²) in [5.41, 5.74) is 1.12. The molecule has 3 heteroatoms. The van der Waals surface area contributed by atoms with E-state index in [9.17, 15) is 4.79 Å². The van der Waals surface area contributed by atoms with Crippen LogP contribution in [0.3, 0.4) is 0 Å². The van der Waals surface area contributed by atoms with Gasteiger partial charge in [-0.3, -0.25) is 4.79 Å². The molecule has 1 aromatic rings. The summed E-state index contributed by atoms with van der Waals surface area (Å²) in [6.07, 6.45) is 6.57. The second kappa shape index (κ2) is 7.04. The number of nitrogens with zero attached hydrogens (tertiary/aromatic N) is 1. The van der Waals surface area contributed by atoms with Crippen LogP contribution in [0.1, 0.15) is 51.5 Å². The summed E-state index contributed by atoms with van der Waals surface area (Å²) in [4.78, 5) is 15.4. The van der Waals surface area contributed by atoms with E-state index in [4.69, 9.17) is 0 Å². The SMILES string of the molecule is CC(C)(CCCc1ccccc1)C(=O)N1C2CCNCC1CC2. The van der Waals surface area contributed by atoms with Gasteiger partial charge in [-0.05, 0) is 50.6 Å². The van der Waals surface area contributed by atoms with Gasteiger partial charge in [0.1, 0.15) is 0 Å². The second-order valence-electron chi connectivity index (χ2n) is 7.81. The fraction of sp³-hybridized carbons (Fsp3) is 0.650. The van der Waals surface area contributed by atoms with Crippen molar-refractivity contribution in [2.75, 3.05) is 13.1 Å². The molecule has 2 heterocycles. The molecule has 0 radical (unpaired) electrons. The number of nitrogens with one attached hydrogen (secondary N) is 1. The Bertz CT molecular complexity index is 512. The normalized spacial score (nSPS) is 24.5. The Balaban J connectivity index is 1.59. The fourth-order valence-corrected chi connectivity index (χ4v) is 4.15. The molecule has 2 unspecified atom stereocenters. The maximum absolute atomic E-state index is 13.2. The van der Waals surface area contributed by atoms with E-state index in [-0.39, 0.29) is 5.41 Å². The van der Waals surface area contributed by atoms with Gasteiger partial charge in [0.2, 0.25) is 5.91 Å². The molecular weight excluding hydrogens is 284 g/mol. The van der Waals surface area contributed by atoms with Gasteiger partial charge < -0.3 is 10.2 Å². The van der Waals surface area contributed by atoms with Gasteiger partial charge in [0.25, 0.3) is 0 Å². The standard InChI is InChI=1S/C20H30N2O/c1-20(2,13-6-9-16-7-4-3-5-8-16)19(23)22-17-10-11-18(22)15-21-14-12-17/h3-5,7-8,17-18,21H,6,9-15H2,1-2H3. The molecule has 2 atom stereocenters. The Morgan fingerprint density at radius 3 is 2.70 bits per heavy atom. The smallest absolute Gasteiger partial charge is 0.228 e. The van der Waals surface area contributed by atoms with Crippen LogP contribution in [0.5, 0.6) is 0 Å². The number of rotatable bonds is 5. The topological polar surface area (TPSA) is 32.3 Å². The number of carbonyl (C=O) groups is 1. The monoisotopic (exact) mass is 314 g/mol. The molecule has 2 fully saturated rings. The van der Waals surface area contributed by atoms with Gasteiger partial charge in [-0.2, -0.15) is 0 Å². The molecule has 1 N–H and O–H groups in total. The van der Waals surface area contributed by atoms with E-state index in [2.05, 4.69) is 54.4 Å². The fourth-order valence-electron chi connectivity index (χ4n) is 4.15. The summed E-state index contributed by atoms with van der Waals surface area (Å²) in [5, 5.41) is 3.49. The van der Waals surface area contributed by atoms with Crippen molar-refractivity contribution in [2.45, 2.75) is 64.5 Å². The quantitative estimate of drug-likeness (QED) is 0.903. The van der Waals surface area contributed by atoms with E-state index in [0.717, 1.165) is 38.8 Å². The highest BCUT2D eigenvalue weighted by molar-refractivity contribution is 5.83. The lowest BCUT2D eigenvalue weighted by Crippen LogP contribution is -2.48. The third-order valence-electron chi connectivity index (χ3n) is 5.58. The van der Waals surface area contributed by atoms with Crippen LogP contribution in [0.2, 0.25) is 0 Å². The Morgan fingerprint density at radius 1 is 1.17 bits per heavy atom. The molecule has 1 amide bonds. The Morgan fingerprint density at radius 2 is 1.91 bits per heavy atom. The predicted octanol–water partition coefficient (Wildman–Crippen LogP) is 3.39. The maximum Gasteiger partial charge on any atom is 0.228 e. The molecule has 0 saturated carbocycles. The molecule has 3 rings (SSSR count). The van der Waals surface area contributed by atoms with Gasteiger partial charge in [0, 0.05) is 24.0 Å². The van der Waals surface area contributed by atoms with E-state index in [1.165, 1.54) is 18.4 Å². The van der Waals surface area contributed by atoms with E-state index in [1.807, 2.05) is 0 Å². The third kappa shape index (κ3) is 3.77. The summed E-state index contributed by atoms with van der Waals surface area (Å²) >= 11 is 0. The molecule has 126 valence electrons. The zero-order valence-electron chi connectivity index (χ0n) is 14.6. The molecular formula is C20H30N2O. The van der Waals surface area contributed by atoms with Gasteiger partial charge >= 0.3 is 0 Å². The Labute approximate surface area is 140 Å². The lowest BCUT2D eigenvalue weighted by molar-refractivity contribution is -0.143. The van der Waals surface area contributed by atoms with Gasteiger partial charge in [0.05, 0.1) is 0 Å². The van der Waals surface area contributed by atoms with Crippen molar-refractivity contribution >= 4 is 5.91 Å². The highest BCUT2D eigenvalue weighted by Gasteiger charge is 2.42. The van der Waals surface area contributed by atoms with Crippen LogP contribution >= 0.6 is 0 Å². The minimum atomic E-state index is -0.250. The number of amides is 1. The second-order valence-corrected chi connectivity index (χ2v) is 7.81. The van der Waals surface area contributed by atoms with Gasteiger partial charge in [-0.15, -0.1) is 0 Å². The Hall–Kier alpha value is -1.35. The molecule has 23 heavy (non-hydrogen) atoms. The van der Waals surface area contributed by atoms with Crippen molar-refractivity contribution in [2.24, 2.45) is 5.41 Å². The van der Waals surface area contributed by atoms with Crippen LogP contribution in [0.15, 0.2) is 30.3 Å². The average molecular weight is 314 g/mol. The van der Waals surface area contributed by atoms with Crippen molar-refractivity contribution in [3.63, 3.8) is 0 Å².